The average molecular weight is 358 g/mol. The number of hydrogen-bond acceptors (Lipinski definition) is 4. The van der Waals surface area contributed by atoms with E-state index in [1.165, 1.54) is 11.3 Å². The molecule has 0 radical (unpaired) electrons. The van der Waals surface area contributed by atoms with Crippen LogP contribution < -0.4 is 10.6 Å². The molecule has 1 aliphatic heterocycles. The summed E-state index contributed by atoms with van der Waals surface area (Å²) in [7, 11) is 1.65. The van der Waals surface area contributed by atoms with Crippen LogP contribution >= 0.6 is 22.9 Å². The minimum atomic E-state index is -0.0933. The Morgan fingerprint density at radius 2 is 2.22 bits per heavy atom. The third-order valence-corrected chi connectivity index (χ3v) is 5.59. The molecule has 128 valence electrons. The van der Waals surface area contributed by atoms with Gasteiger partial charge in [-0.2, -0.15) is 0 Å². The maximum atomic E-state index is 12.4. The summed E-state index contributed by atoms with van der Waals surface area (Å²) in [6.45, 7) is 4.60. The lowest BCUT2D eigenvalue weighted by Gasteiger charge is -2.19. The minimum absolute atomic E-state index is 0.0508. The molecule has 0 aliphatic carbocycles. The van der Waals surface area contributed by atoms with Gasteiger partial charge in [0.15, 0.2) is 0 Å². The monoisotopic (exact) mass is 357 g/mol. The topological polar surface area (TPSA) is 61.4 Å². The lowest BCUT2D eigenvalue weighted by atomic mass is 9.98. The van der Waals surface area contributed by atoms with Gasteiger partial charge in [-0.25, -0.2) is 0 Å². The molecule has 0 aromatic carbocycles. The highest BCUT2D eigenvalue weighted by atomic mass is 35.5. The van der Waals surface area contributed by atoms with Gasteiger partial charge in [-0.3, -0.25) is 9.59 Å². The first-order chi connectivity index (χ1) is 11.0. The molecule has 0 unspecified atom stereocenters. The summed E-state index contributed by atoms with van der Waals surface area (Å²) >= 11 is 7.40. The smallest absolute Gasteiger partial charge is 0.263 e. The zero-order valence-electron chi connectivity index (χ0n) is 13.6. The summed E-state index contributed by atoms with van der Waals surface area (Å²) < 4.78 is 0. The molecule has 5 nitrogen and oxygen atoms in total. The Morgan fingerprint density at radius 1 is 1.43 bits per heavy atom. The highest BCUT2D eigenvalue weighted by molar-refractivity contribution is 7.12. The number of likely N-dealkylation sites (tertiary alicyclic amines) is 1. The average Bonchev–Trinajstić information content (AvgIpc) is 3.12. The molecule has 2 heterocycles. The van der Waals surface area contributed by atoms with E-state index < -0.39 is 0 Å². The van der Waals surface area contributed by atoms with Gasteiger partial charge in [0.1, 0.15) is 4.88 Å². The van der Waals surface area contributed by atoms with E-state index in [1.807, 2.05) is 5.38 Å². The van der Waals surface area contributed by atoms with Crippen molar-refractivity contribution < 1.29 is 9.59 Å². The van der Waals surface area contributed by atoms with Gasteiger partial charge >= 0.3 is 0 Å². The standard InChI is InChI=1S/C16H24ClN3O2S/c1-3-4-11-9-20(7-5-14(21)18-2)10-13(11)19-16(22)15-12(17)6-8-23-15/h6,8,11,13H,3-5,7,9-10H2,1-2H3,(H,18,21)(H,19,22)/t11-,13-/m1/s1. The SMILES string of the molecule is CCC[C@@H]1CN(CCC(=O)NC)C[C@H]1NC(=O)c1sccc1Cl. The van der Waals surface area contributed by atoms with Crippen molar-refractivity contribution in [3.8, 4) is 0 Å². The summed E-state index contributed by atoms with van der Waals surface area (Å²) in [5, 5.41) is 8.11. The molecule has 1 fully saturated rings. The van der Waals surface area contributed by atoms with Crippen molar-refractivity contribution in [2.24, 2.45) is 5.92 Å². The quantitative estimate of drug-likeness (QED) is 0.787. The van der Waals surface area contributed by atoms with Crippen LogP contribution in [-0.4, -0.2) is 49.4 Å². The molecule has 1 saturated heterocycles. The summed E-state index contributed by atoms with van der Waals surface area (Å²) in [6, 6.07) is 1.86. The first-order valence-electron chi connectivity index (χ1n) is 8.02. The van der Waals surface area contributed by atoms with Crippen LogP contribution in [0.3, 0.4) is 0 Å². The molecule has 2 rings (SSSR count). The number of rotatable bonds is 7. The summed E-state index contributed by atoms with van der Waals surface area (Å²) in [5.74, 6) is 0.381. The Hall–Kier alpha value is -1.11. The van der Waals surface area contributed by atoms with Crippen LogP contribution in [-0.2, 0) is 4.79 Å². The van der Waals surface area contributed by atoms with E-state index in [4.69, 9.17) is 11.6 Å². The fraction of sp³-hybridized carbons (Fsp3) is 0.625. The Morgan fingerprint density at radius 3 is 2.83 bits per heavy atom. The van der Waals surface area contributed by atoms with Crippen molar-refractivity contribution in [2.45, 2.75) is 32.2 Å². The molecule has 1 aliphatic rings. The van der Waals surface area contributed by atoms with Crippen molar-refractivity contribution in [2.75, 3.05) is 26.7 Å². The van der Waals surface area contributed by atoms with Crippen LogP contribution in [0.4, 0.5) is 0 Å². The largest absolute Gasteiger partial charge is 0.359 e. The molecular weight excluding hydrogens is 334 g/mol. The lowest BCUT2D eigenvalue weighted by molar-refractivity contribution is -0.120. The van der Waals surface area contributed by atoms with Crippen molar-refractivity contribution in [1.29, 1.82) is 0 Å². The van der Waals surface area contributed by atoms with Crippen molar-refractivity contribution in [1.82, 2.24) is 15.5 Å². The summed E-state index contributed by atoms with van der Waals surface area (Å²) in [6.07, 6.45) is 2.65. The highest BCUT2D eigenvalue weighted by Crippen LogP contribution is 2.25. The van der Waals surface area contributed by atoms with Gasteiger partial charge in [0.2, 0.25) is 5.91 Å². The molecule has 2 N–H and O–H groups in total. The normalized spacial score (nSPS) is 21.3. The third-order valence-electron chi connectivity index (χ3n) is 4.25. The molecular formula is C16H24ClN3O2S. The molecule has 1 aromatic heterocycles. The van der Waals surface area contributed by atoms with E-state index in [-0.39, 0.29) is 17.9 Å². The van der Waals surface area contributed by atoms with Crippen molar-refractivity contribution in [3.05, 3.63) is 21.3 Å². The van der Waals surface area contributed by atoms with Crippen LogP contribution in [0.15, 0.2) is 11.4 Å². The van der Waals surface area contributed by atoms with Gasteiger partial charge in [0.05, 0.1) is 5.02 Å². The van der Waals surface area contributed by atoms with Gasteiger partial charge in [-0.15, -0.1) is 11.3 Å². The summed E-state index contributed by atoms with van der Waals surface area (Å²) in [5.41, 5.74) is 0. The number of nitrogens with one attached hydrogen (secondary N) is 2. The Labute approximate surface area is 146 Å². The fourth-order valence-electron chi connectivity index (χ4n) is 3.04. The zero-order valence-corrected chi connectivity index (χ0v) is 15.2. The van der Waals surface area contributed by atoms with Crippen LogP contribution in [0.5, 0.6) is 0 Å². The van der Waals surface area contributed by atoms with Crippen molar-refractivity contribution >= 4 is 34.8 Å². The molecule has 2 amide bonds. The molecule has 0 saturated carbocycles. The number of halogens is 1. The Bertz CT molecular complexity index is 549. The molecule has 2 atom stereocenters. The Balaban J connectivity index is 1.94. The maximum absolute atomic E-state index is 12.4. The predicted octanol–water partition coefficient (Wildman–Crippen LogP) is 2.37. The number of carbonyl (C=O) groups excluding carboxylic acids is 2. The van der Waals surface area contributed by atoms with Gasteiger partial charge in [0, 0.05) is 39.1 Å². The summed E-state index contributed by atoms with van der Waals surface area (Å²) in [4.78, 5) is 26.6. The van der Waals surface area contributed by atoms with Crippen molar-refractivity contribution in [3.63, 3.8) is 0 Å². The molecule has 1 aromatic rings. The van der Waals surface area contributed by atoms with Gasteiger partial charge in [-0.1, -0.05) is 24.9 Å². The van der Waals surface area contributed by atoms with Gasteiger partial charge in [-0.05, 0) is 23.8 Å². The first-order valence-corrected chi connectivity index (χ1v) is 9.27. The van der Waals surface area contributed by atoms with E-state index in [0.717, 1.165) is 32.5 Å². The molecule has 0 spiro atoms. The van der Waals surface area contributed by atoms with Crippen LogP contribution in [0.2, 0.25) is 5.02 Å². The molecule has 23 heavy (non-hydrogen) atoms. The number of amides is 2. The lowest BCUT2D eigenvalue weighted by Crippen LogP contribution is -2.40. The van der Waals surface area contributed by atoms with E-state index in [9.17, 15) is 9.59 Å². The molecule has 0 bridgehead atoms. The third kappa shape index (κ3) is 4.93. The van der Waals surface area contributed by atoms with E-state index in [0.29, 0.717) is 22.2 Å². The Kier molecular flexibility index (Phi) is 6.87. The van der Waals surface area contributed by atoms with E-state index in [2.05, 4.69) is 22.5 Å². The maximum Gasteiger partial charge on any atom is 0.263 e. The number of nitrogens with zero attached hydrogens (tertiary/aromatic N) is 1. The second kappa shape index (κ2) is 8.66. The van der Waals surface area contributed by atoms with Crippen LogP contribution in [0.1, 0.15) is 35.9 Å². The first kappa shape index (κ1) is 18.2. The highest BCUT2D eigenvalue weighted by Gasteiger charge is 2.33. The second-order valence-corrected chi connectivity index (χ2v) is 7.23. The molecule has 7 heteroatoms. The van der Waals surface area contributed by atoms with Gasteiger partial charge in [0.25, 0.3) is 5.91 Å². The fourth-order valence-corrected chi connectivity index (χ4v) is 4.09. The van der Waals surface area contributed by atoms with Gasteiger partial charge < -0.3 is 15.5 Å². The predicted molar refractivity (Wildman–Crippen MR) is 94.1 cm³/mol. The second-order valence-electron chi connectivity index (χ2n) is 5.91. The number of carbonyl (C=O) groups is 2. The minimum Gasteiger partial charge on any atom is -0.359 e. The number of thiophene rings is 1. The van der Waals surface area contributed by atoms with E-state index in [1.54, 1.807) is 13.1 Å². The zero-order chi connectivity index (χ0) is 16.8. The van der Waals surface area contributed by atoms with Crippen LogP contribution in [0.25, 0.3) is 0 Å². The van der Waals surface area contributed by atoms with E-state index >= 15 is 0 Å². The number of hydrogen-bond donors (Lipinski definition) is 2. The van der Waals surface area contributed by atoms with Crippen LogP contribution in [0, 0.1) is 5.92 Å².